The maximum absolute atomic E-state index is 12.6. The summed E-state index contributed by atoms with van der Waals surface area (Å²) >= 11 is 4.53. The van der Waals surface area contributed by atoms with Gasteiger partial charge in [-0.05, 0) is 23.4 Å². The van der Waals surface area contributed by atoms with Gasteiger partial charge in [0.1, 0.15) is 0 Å². The van der Waals surface area contributed by atoms with Crippen molar-refractivity contribution in [3.8, 4) is 0 Å². The number of thioether (sulfide) groups is 1. The zero-order valence-electron chi connectivity index (χ0n) is 8.07. The molecule has 0 saturated carbocycles. The molecule has 5 heteroatoms. The Bertz CT molecular complexity index is 336. The van der Waals surface area contributed by atoms with Gasteiger partial charge in [-0.1, -0.05) is 28.9 Å². The lowest BCUT2D eigenvalue weighted by atomic mass is 10.1. The Morgan fingerprint density at radius 2 is 2.00 bits per heavy atom. The Hall–Kier alpha value is -0.160. The predicted molar refractivity (Wildman–Crippen MR) is 61.0 cm³/mol. The summed E-state index contributed by atoms with van der Waals surface area (Å²) in [7, 11) is 0. The van der Waals surface area contributed by atoms with Crippen LogP contribution in [-0.4, -0.2) is 5.75 Å². The van der Waals surface area contributed by atoms with Crippen LogP contribution in [0.4, 0.5) is 13.2 Å². The Morgan fingerprint density at radius 3 is 2.53 bits per heavy atom. The predicted octanol–water partition coefficient (Wildman–Crippen LogP) is 4.72. The summed E-state index contributed by atoms with van der Waals surface area (Å²) in [5.41, 5.74) is -0.199. The van der Waals surface area contributed by atoms with Crippen molar-refractivity contribution in [2.45, 2.75) is 18.9 Å². The van der Waals surface area contributed by atoms with E-state index in [-0.39, 0.29) is 0 Å². The van der Waals surface area contributed by atoms with Crippen LogP contribution >= 0.6 is 27.7 Å². The van der Waals surface area contributed by atoms with E-state index in [9.17, 15) is 13.2 Å². The highest BCUT2D eigenvalue weighted by molar-refractivity contribution is 9.10. The number of alkyl halides is 3. The topological polar surface area (TPSA) is 0 Å². The van der Waals surface area contributed by atoms with Gasteiger partial charge in [-0.15, -0.1) is 0 Å². The maximum atomic E-state index is 12.6. The molecule has 0 radical (unpaired) electrons. The van der Waals surface area contributed by atoms with Crippen LogP contribution in [-0.2, 0) is 11.9 Å². The van der Waals surface area contributed by atoms with Crippen molar-refractivity contribution >= 4 is 27.7 Å². The number of hydrogen-bond acceptors (Lipinski definition) is 1. The van der Waals surface area contributed by atoms with E-state index in [0.29, 0.717) is 15.8 Å². The fourth-order valence-electron chi connectivity index (χ4n) is 1.15. The summed E-state index contributed by atoms with van der Waals surface area (Å²) < 4.78 is 38.3. The minimum absolute atomic E-state index is 0.345. The van der Waals surface area contributed by atoms with Crippen molar-refractivity contribution in [2.24, 2.45) is 0 Å². The Morgan fingerprint density at radius 1 is 1.33 bits per heavy atom. The van der Waals surface area contributed by atoms with Crippen molar-refractivity contribution in [1.82, 2.24) is 0 Å². The molecule has 1 aromatic rings. The van der Waals surface area contributed by atoms with E-state index in [0.717, 1.165) is 11.8 Å². The van der Waals surface area contributed by atoms with Crippen LogP contribution in [0, 0.1) is 0 Å². The van der Waals surface area contributed by atoms with Crippen LogP contribution in [0.15, 0.2) is 22.7 Å². The molecule has 1 rings (SSSR count). The van der Waals surface area contributed by atoms with Gasteiger partial charge in [0.2, 0.25) is 0 Å². The van der Waals surface area contributed by atoms with E-state index in [2.05, 4.69) is 15.9 Å². The van der Waals surface area contributed by atoms with E-state index < -0.39 is 11.7 Å². The molecule has 0 unspecified atom stereocenters. The first-order chi connectivity index (χ1) is 6.95. The molecule has 84 valence electrons. The minimum atomic E-state index is -4.27. The number of benzene rings is 1. The van der Waals surface area contributed by atoms with Crippen LogP contribution < -0.4 is 0 Å². The molecule has 1 aromatic carbocycles. The van der Waals surface area contributed by atoms with E-state index in [4.69, 9.17) is 0 Å². The van der Waals surface area contributed by atoms with Gasteiger partial charge < -0.3 is 0 Å². The second-order valence-electron chi connectivity index (χ2n) is 2.94. The van der Waals surface area contributed by atoms with Gasteiger partial charge in [0.25, 0.3) is 0 Å². The van der Waals surface area contributed by atoms with Crippen molar-refractivity contribution in [1.29, 1.82) is 0 Å². The molecule has 0 spiro atoms. The third kappa shape index (κ3) is 3.72. The molecule has 0 aliphatic heterocycles. The fourth-order valence-corrected chi connectivity index (χ4v) is 2.19. The van der Waals surface area contributed by atoms with Crippen LogP contribution in [0.2, 0.25) is 0 Å². The molecule has 0 heterocycles. The number of rotatable bonds is 3. The maximum Gasteiger partial charge on any atom is 0.416 e. The smallest absolute Gasteiger partial charge is 0.166 e. The zero-order valence-corrected chi connectivity index (χ0v) is 10.5. The van der Waals surface area contributed by atoms with Crippen LogP contribution in [0.1, 0.15) is 18.1 Å². The molecule has 15 heavy (non-hydrogen) atoms. The minimum Gasteiger partial charge on any atom is -0.166 e. The van der Waals surface area contributed by atoms with Crippen LogP contribution in [0.3, 0.4) is 0 Å². The van der Waals surface area contributed by atoms with Gasteiger partial charge in [0.05, 0.1) is 5.56 Å². The Labute approximate surface area is 99.4 Å². The largest absolute Gasteiger partial charge is 0.416 e. The average Bonchev–Trinajstić information content (AvgIpc) is 2.14. The summed E-state index contributed by atoms with van der Waals surface area (Å²) in [6.07, 6.45) is -4.27. The molecular weight excluding hydrogens is 289 g/mol. The van der Waals surface area contributed by atoms with E-state index in [1.165, 1.54) is 17.8 Å². The van der Waals surface area contributed by atoms with E-state index in [1.54, 1.807) is 6.07 Å². The Kier molecular flexibility index (Phi) is 4.52. The molecule has 0 fully saturated rings. The molecule has 0 aromatic heterocycles. The molecule has 0 bridgehead atoms. The molecule has 0 aliphatic carbocycles. The average molecular weight is 299 g/mol. The summed E-state index contributed by atoms with van der Waals surface area (Å²) in [4.78, 5) is 0. The van der Waals surface area contributed by atoms with E-state index in [1.807, 2.05) is 6.92 Å². The second-order valence-corrected chi connectivity index (χ2v) is 5.13. The molecule has 0 saturated heterocycles. The van der Waals surface area contributed by atoms with Gasteiger partial charge in [0.15, 0.2) is 0 Å². The first kappa shape index (κ1) is 12.9. The highest BCUT2D eigenvalue weighted by Crippen LogP contribution is 2.35. The quantitative estimate of drug-likeness (QED) is 0.778. The lowest BCUT2D eigenvalue weighted by molar-refractivity contribution is -0.138. The summed E-state index contributed by atoms with van der Waals surface area (Å²) in [6, 6.07) is 4.29. The summed E-state index contributed by atoms with van der Waals surface area (Å²) in [5, 5.41) is 0. The first-order valence-corrected chi connectivity index (χ1v) is 6.33. The van der Waals surface area contributed by atoms with Crippen molar-refractivity contribution < 1.29 is 13.2 Å². The zero-order chi connectivity index (χ0) is 11.5. The second kappa shape index (κ2) is 5.25. The highest BCUT2D eigenvalue weighted by Gasteiger charge is 2.33. The number of hydrogen-bond donors (Lipinski definition) is 0. The monoisotopic (exact) mass is 298 g/mol. The normalized spacial score (nSPS) is 11.8. The highest BCUT2D eigenvalue weighted by atomic mass is 79.9. The van der Waals surface area contributed by atoms with Gasteiger partial charge in [-0.25, -0.2) is 0 Å². The van der Waals surface area contributed by atoms with E-state index >= 15 is 0 Å². The lowest BCUT2D eigenvalue weighted by Gasteiger charge is -2.12. The third-order valence-electron chi connectivity index (χ3n) is 1.84. The third-order valence-corrected chi connectivity index (χ3v) is 3.26. The molecule has 0 aliphatic rings. The lowest BCUT2D eigenvalue weighted by Crippen LogP contribution is -2.08. The van der Waals surface area contributed by atoms with Gasteiger partial charge >= 0.3 is 6.18 Å². The first-order valence-electron chi connectivity index (χ1n) is 4.38. The van der Waals surface area contributed by atoms with Crippen LogP contribution in [0.5, 0.6) is 0 Å². The summed E-state index contributed by atoms with van der Waals surface area (Å²) in [5.74, 6) is 1.21. The van der Waals surface area contributed by atoms with Gasteiger partial charge in [-0.2, -0.15) is 24.9 Å². The standard InChI is InChI=1S/C10H10BrF3S/c1-2-15-6-7-3-4-8(11)5-9(7)10(12,13)14/h3-5H,2,6H2,1H3. The molecule has 0 atom stereocenters. The van der Waals surface area contributed by atoms with Crippen molar-refractivity contribution in [3.05, 3.63) is 33.8 Å². The van der Waals surface area contributed by atoms with Crippen LogP contribution in [0.25, 0.3) is 0 Å². The van der Waals surface area contributed by atoms with Crippen molar-refractivity contribution in [2.75, 3.05) is 5.75 Å². The Balaban J connectivity index is 3.04. The SMILES string of the molecule is CCSCc1ccc(Br)cc1C(F)(F)F. The molecule has 0 amide bonds. The van der Waals surface area contributed by atoms with Gasteiger partial charge in [-0.3, -0.25) is 0 Å². The molecule has 0 nitrogen and oxygen atoms in total. The fraction of sp³-hybridized carbons (Fsp3) is 0.400. The number of halogens is 4. The van der Waals surface area contributed by atoms with Gasteiger partial charge in [0, 0.05) is 10.2 Å². The summed E-state index contributed by atoms with van der Waals surface area (Å²) in [6.45, 7) is 1.93. The molecular formula is C10H10BrF3S. The molecule has 0 N–H and O–H groups in total. The van der Waals surface area contributed by atoms with Crippen molar-refractivity contribution in [3.63, 3.8) is 0 Å².